The molecule has 1 rings (SSSR count). The van der Waals surface area contributed by atoms with Crippen LogP contribution in [0, 0.1) is 12.8 Å². The number of unbranched alkanes of at least 4 members (excludes halogenated alkanes) is 1. The van der Waals surface area contributed by atoms with Crippen molar-refractivity contribution in [2.75, 3.05) is 0 Å². The zero-order valence-corrected chi connectivity index (χ0v) is 11.2. The van der Waals surface area contributed by atoms with E-state index in [2.05, 4.69) is 22.2 Å². The van der Waals surface area contributed by atoms with E-state index >= 15 is 0 Å². The summed E-state index contributed by atoms with van der Waals surface area (Å²) in [6.07, 6.45) is 3.04. The van der Waals surface area contributed by atoms with Crippen molar-refractivity contribution in [3.8, 4) is 0 Å². The highest BCUT2D eigenvalue weighted by Crippen LogP contribution is 2.07. The zero-order chi connectivity index (χ0) is 13.5. The van der Waals surface area contributed by atoms with Gasteiger partial charge in [0.15, 0.2) is 0 Å². The van der Waals surface area contributed by atoms with E-state index in [1.54, 1.807) is 6.92 Å². The van der Waals surface area contributed by atoms with Crippen molar-refractivity contribution >= 4 is 5.91 Å². The number of nitrogens with one attached hydrogen (secondary N) is 2. The molecule has 5 heteroatoms. The molecule has 0 unspecified atom stereocenters. The average Bonchev–Trinajstić information content (AvgIpc) is 2.31. The lowest BCUT2D eigenvalue weighted by atomic mass is 10.0. The van der Waals surface area contributed by atoms with Crippen molar-refractivity contribution in [1.82, 2.24) is 15.3 Å². The number of aromatic nitrogens is 2. The third-order valence-electron chi connectivity index (χ3n) is 2.80. The molecule has 18 heavy (non-hydrogen) atoms. The van der Waals surface area contributed by atoms with Crippen molar-refractivity contribution in [3.05, 3.63) is 27.9 Å². The van der Waals surface area contributed by atoms with Crippen LogP contribution in [0.4, 0.5) is 0 Å². The average molecular weight is 251 g/mol. The lowest BCUT2D eigenvalue weighted by Gasteiger charge is -2.11. The molecule has 5 nitrogen and oxygen atoms in total. The number of aryl methyl sites for hydroxylation is 1. The van der Waals surface area contributed by atoms with Crippen LogP contribution in [0.5, 0.6) is 0 Å². The number of hydrogen-bond donors (Lipinski definition) is 2. The Hall–Kier alpha value is -1.65. The van der Waals surface area contributed by atoms with Gasteiger partial charge in [0.2, 0.25) is 5.91 Å². The van der Waals surface area contributed by atoms with Crippen LogP contribution in [0.2, 0.25) is 0 Å². The normalized spacial score (nSPS) is 12.2. The molecule has 0 aromatic carbocycles. The van der Waals surface area contributed by atoms with Crippen molar-refractivity contribution in [2.45, 2.75) is 46.6 Å². The fourth-order valence-electron chi connectivity index (χ4n) is 1.73. The Morgan fingerprint density at radius 1 is 1.56 bits per heavy atom. The van der Waals surface area contributed by atoms with E-state index in [1.807, 2.05) is 6.92 Å². The largest absolute Gasteiger partial charge is 0.350 e. The molecule has 0 saturated carbocycles. The number of nitrogens with zero attached hydrogens (tertiary/aromatic N) is 1. The van der Waals surface area contributed by atoms with Gasteiger partial charge in [-0.05, 0) is 13.3 Å². The molecular weight excluding hydrogens is 230 g/mol. The van der Waals surface area contributed by atoms with Crippen LogP contribution < -0.4 is 10.9 Å². The SMILES string of the molecule is CCCC[C@H](C)C(=O)NCc1cc(=O)[nH]c(C)n1. The molecule has 0 aliphatic heterocycles. The Balaban J connectivity index is 2.49. The Morgan fingerprint density at radius 3 is 2.89 bits per heavy atom. The third-order valence-corrected chi connectivity index (χ3v) is 2.80. The van der Waals surface area contributed by atoms with Gasteiger partial charge >= 0.3 is 0 Å². The van der Waals surface area contributed by atoms with Gasteiger partial charge in [-0.15, -0.1) is 0 Å². The van der Waals surface area contributed by atoms with Crippen LogP contribution in [0.25, 0.3) is 0 Å². The van der Waals surface area contributed by atoms with E-state index in [0.29, 0.717) is 18.1 Å². The summed E-state index contributed by atoms with van der Waals surface area (Å²) in [4.78, 5) is 29.7. The van der Waals surface area contributed by atoms with Gasteiger partial charge in [0.1, 0.15) is 5.82 Å². The molecule has 1 amide bonds. The summed E-state index contributed by atoms with van der Waals surface area (Å²) in [7, 11) is 0. The van der Waals surface area contributed by atoms with Crippen molar-refractivity contribution in [1.29, 1.82) is 0 Å². The summed E-state index contributed by atoms with van der Waals surface area (Å²) in [5.74, 6) is 0.585. The first-order chi connectivity index (χ1) is 8.52. The van der Waals surface area contributed by atoms with Gasteiger partial charge in [-0.2, -0.15) is 0 Å². The van der Waals surface area contributed by atoms with Crippen LogP contribution in [0.3, 0.4) is 0 Å². The maximum absolute atomic E-state index is 11.8. The number of aromatic amines is 1. The molecule has 2 N–H and O–H groups in total. The number of rotatable bonds is 6. The van der Waals surface area contributed by atoms with Crippen LogP contribution >= 0.6 is 0 Å². The fourth-order valence-corrected chi connectivity index (χ4v) is 1.73. The van der Waals surface area contributed by atoms with Gasteiger partial charge in [-0.25, -0.2) is 4.98 Å². The van der Waals surface area contributed by atoms with Crippen molar-refractivity contribution in [2.24, 2.45) is 5.92 Å². The molecule has 0 fully saturated rings. The Kier molecular flexibility index (Phi) is 5.55. The second kappa shape index (κ2) is 6.93. The lowest BCUT2D eigenvalue weighted by Crippen LogP contribution is -2.29. The minimum absolute atomic E-state index is 0.00745. The molecule has 1 aromatic rings. The lowest BCUT2D eigenvalue weighted by molar-refractivity contribution is -0.124. The van der Waals surface area contributed by atoms with Gasteiger partial charge < -0.3 is 10.3 Å². The van der Waals surface area contributed by atoms with Gasteiger partial charge in [0, 0.05) is 12.0 Å². The van der Waals surface area contributed by atoms with E-state index in [9.17, 15) is 9.59 Å². The predicted octanol–water partition coefficient (Wildman–Crippen LogP) is 1.52. The Bertz CT molecular complexity index is 454. The van der Waals surface area contributed by atoms with Gasteiger partial charge in [-0.1, -0.05) is 26.7 Å². The van der Waals surface area contributed by atoms with Crippen LogP contribution in [-0.4, -0.2) is 15.9 Å². The number of amides is 1. The number of carbonyl (C=O) groups excluding carboxylic acids is 1. The predicted molar refractivity (Wildman–Crippen MR) is 70.1 cm³/mol. The first kappa shape index (κ1) is 14.4. The Labute approximate surface area is 107 Å². The fraction of sp³-hybridized carbons (Fsp3) is 0.615. The number of H-pyrrole nitrogens is 1. The van der Waals surface area contributed by atoms with Crippen LogP contribution in [0.15, 0.2) is 10.9 Å². The monoisotopic (exact) mass is 251 g/mol. The van der Waals surface area contributed by atoms with E-state index in [4.69, 9.17) is 0 Å². The van der Waals surface area contributed by atoms with Crippen LogP contribution in [0.1, 0.15) is 44.6 Å². The molecular formula is C13H21N3O2. The van der Waals surface area contributed by atoms with E-state index in [0.717, 1.165) is 19.3 Å². The quantitative estimate of drug-likeness (QED) is 0.805. The summed E-state index contributed by atoms with van der Waals surface area (Å²) in [6, 6.07) is 1.41. The number of carbonyl (C=O) groups is 1. The van der Waals surface area contributed by atoms with E-state index < -0.39 is 0 Å². The third kappa shape index (κ3) is 4.69. The molecule has 1 aromatic heterocycles. The molecule has 100 valence electrons. The summed E-state index contributed by atoms with van der Waals surface area (Å²) in [5.41, 5.74) is 0.401. The molecule has 0 bridgehead atoms. The summed E-state index contributed by atoms with van der Waals surface area (Å²) < 4.78 is 0. The topological polar surface area (TPSA) is 74.8 Å². The summed E-state index contributed by atoms with van der Waals surface area (Å²) in [6.45, 7) is 6.05. The highest BCUT2D eigenvalue weighted by atomic mass is 16.1. The van der Waals surface area contributed by atoms with Crippen LogP contribution in [-0.2, 0) is 11.3 Å². The molecule has 0 saturated heterocycles. The minimum Gasteiger partial charge on any atom is -0.350 e. The van der Waals surface area contributed by atoms with Crippen molar-refractivity contribution in [3.63, 3.8) is 0 Å². The molecule has 1 atom stereocenters. The van der Waals surface area contributed by atoms with Gasteiger partial charge in [-0.3, -0.25) is 9.59 Å². The van der Waals surface area contributed by atoms with Gasteiger partial charge in [0.05, 0.1) is 12.2 Å². The smallest absolute Gasteiger partial charge is 0.251 e. The van der Waals surface area contributed by atoms with E-state index in [1.165, 1.54) is 6.07 Å². The first-order valence-corrected chi connectivity index (χ1v) is 6.37. The minimum atomic E-state index is -0.189. The molecule has 0 aliphatic carbocycles. The second-order valence-corrected chi connectivity index (χ2v) is 4.58. The number of hydrogen-bond acceptors (Lipinski definition) is 3. The molecule has 0 aliphatic rings. The standard InChI is InChI=1S/C13H21N3O2/c1-4-5-6-9(2)13(18)14-8-11-7-12(17)16-10(3)15-11/h7,9H,4-6,8H2,1-3H3,(H,14,18)(H,15,16,17)/t9-/m0/s1. The maximum atomic E-state index is 11.8. The van der Waals surface area contributed by atoms with Gasteiger partial charge in [0.25, 0.3) is 5.56 Å². The Morgan fingerprint density at radius 2 is 2.28 bits per heavy atom. The molecule has 1 heterocycles. The molecule has 0 radical (unpaired) electrons. The van der Waals surface area contributed by atoms with Crippen molar-refractivity contribution < 1.29 is 4.79 Å². The second-order valence-electron chi connectivity index (χ2n) is 4.58. The van der Waals surface area contributed by atoms with E-state index in [-0.39, 0.29) is 17.4 Å². The maximum Gasteiger partial charge on any atom is 0.251 e. The zero-order valence-electron chi connectivity index (χ0n) is 11.2. The molecule has 0 spiro atoms. The first-order valence-electron chi connectivity index (χ1n) is 6.37. The summed E-state index contributed by atoms with van der Waals surface area (Å²) in [5, 5.41) is 2.81. The highest BCUT2D eigenvalue weighted by Gasteiger charge is 2.11. The summed E-state index contributed by atoms with van der Waals surface area (Å²) >= 11 is 0. The highest BCUT2D eigenvalue weighted by molar-refractivity contribution is 5.78.